The number of carboxylic acid groups (broad SMARTS) is 3. The molecular weight excluding hydrogens is 801 g/mol. The summed E-state index contributed by atoms with van der Waals surface area (Å²) in [5.41, 5.74) is 11.3. The first-order valence-corrected chi connectivity index (χ1v) is 19.8. The number of hydrogen-bond acceptors (Lipinski definition) is 13. The van der Waals surface area contributed by atoms with Gasteiger partial charge in [-0.25, -0.2) is 4.79 Å². The third-order valence-corrected chi connectivity index (χ3v) is 9.17. The minimum absolute atomic E-state index is 0.00467. The van der Waals surface area contributed by atoms with Crippen LogP contribution in [0.5, 0.6) is 0 Å². The minimum atomic E-state index is -1.80. The molecule has 1 rings (SSSR count). The van der Waals surface area contributed by atoms with E-state index in [1.807, 2.05) is 0 Å². The second-order valence-electron chi connectivity index (χ2n) is 13.7. The molecule has 0 aliphatic carbocycles. The number of thioether (sulfide) groups is 1. The molecular formula is C36H54N8O14S. The summed E-state index contributed by atoms with van der Waals surface area (Å²) in [5, 5.41) is 52.3. The maximum atomic E-state index is 13.6. The summed E-state index contributed by atoms with van der Waals surface area (Å²) in [7, 11) is 0. The van der Waals surface area contributed by atoms with Crippen molar-refractivity contribution in [1.82, 2.24) is 31.9 Å². The summed E-state index contributed by atoms with van der Waals surface area (Å²) in [4.78, 5) is 126. The van der Waals surface area contributed by atoms with Gasteiger partial charge in [-0.05, 0) is 42.8 Å². The molecule has 59 heavy (non-hydrogen) atoms. The Bertz CT molecular complexity index is 1650. The fourth-order valence-electron chi connectivity index (χ4n) is 5.28. The Labute approximate surface area is 343 Å². The molecule has 0 spiro atoms. The van der Waals surface area contributed by atoms with Gasteiger partial charge in [0.15, 0.2) is 0 Å². The molecule has 22 nitrogen and oxygen atoms in total. The molecule has 0 aliphatic heterocycles. The Morgan fingerprint density at radius 1 is 0.627 bits per heavy atom. The second-order valence-corrected chi connectivity index (χ2v) is 14.7. The van der Waals surface area contributed by atoms with Gasteiger partial charge >= 0.3 is 17.9 Å². The van der Waals surface area contributed by atoms with Crippen LogP contribution in [0.25, 0.3) is 0 Å². The van der Waals surface area contributed by atoms with E-state index in [2.05, 4.69) is 31.9 Å². The van der Waals surface area contributed by atoms with Gasteiger partial charge in [0.1, 0.15) is 36.3 Å². The van der Waals surface area contributed by atoms with Crippen LogP contribution in [-0.4, -0.2) is 141 Å². The molecule has 0 fully saturated rings. The van der Waals surface area contributed by atoms with E-state index in [-0.39, 0.29) is 12.8 Å². The Morgan fingerprint density at radius 2 is 1.05 bits per heavy atom. The number of aliphatic hydroxyl groups is 1. The second kappa shape index (κ2) is 26.2. The van der Waals surface area contributed by atoms with Gasteiger partial charge < -0.3 is 63.8 Å². The smallest absolute Gasteiger partial charge is 0.326 e. The number of rotatable bonds is 28. The largest absolute Gasteiger partial charge is 0.481 e. The summed E-state index contributed by atoms with van der Waals surface area (Å²) >= 11 is 1.30. The maximum absolute atomic E-state index is 13.6. The van der Waals surface area contributed by atoms with E-state index in [0.29, 0.717) is 11.3 Å². The molecule has 0 saturated carbocycles. The maximum Gasteiger partial charge on any atom is 0.326 e. The molecule has 0 aromatic heterocycles. The number of primary amides is 1. The molecule has 0 bridgehead atoms. The lowest BCUT2D eigenvalue weighted by Crippen LogP contribution is -2.60. The average Bonchev–Trinajstić information content (AvgIpc) is 3.16. The predicted octanol–water partition coefficient (Wildman–Crippen LogP) is -3.44. The molecule has 0 aliphatic rings. The van der Waals surface area contributed by atoms with Gasteiger partial charge in [0.05, 0.1) is 19.1 Å². The van der Waals surface area contributed by atoms with Gasteiger partial charge in [0, 0.05) is 19.3 Å². The lowest BCUT2D eigenvalue weighted by molar-refractivity contribution is -0.143. The van der Waals surface area contributed by atoms with Crippen molar-refractivity contribution in [3.05, 3.63) is 35.9 Å². The lowest BCUT2D eigenvalue weighted by atomic mass is 10.0. The van der Waals surface area contributed by atoms with Crippen LogP contribution in [0.1, 0.15) is 57.9 Å². The molecule has 0 heterocycles. The van der Waals surface area contributed by atoms with E-state index in [1.54, 1.807) is 50.4 Å². The first-order chi connectivity index (χ1) is 27.7. The first-order valence-electron chi connectivity index (χ1n) is 18.4. The molecule has 1 aromatic rings. The highest BCUT2D eigenvalue weighted by Gasteiger charge is 2.34. The van der Waals surface area contributed by atoms with Gasteiger partial charge in [0.2, 0.25) is 41.4 Å². The summed E-state index contributed by atoms with van der Waals surface area (Å²) in [6.45, 7) is 2.04. The van der Waals surface area contributed by atoms with Crippen molar-refractivity contribution < 1.29 is 68.4 Å². The zero-order chi connectivity index (χ0) is 44.8. The molecule has 0 saturated heterocycles. The highest BCUT2D eigenvalue weighted by molar-refractivity contribution is 7.98. The molecule has 0 radical (unpaired) electrons. The summed E-state index contributed by atoms with van der Waals surface area (Å²) < 4.78 is 0. The van der Waals surface area contributed by atoms with Crippen LogP contribution in [0.4, 0.5) is 0 Å². The number of carbonyl (C=O) groups excluding carboxylic acids is 7. The van der Waals surface area contributed by atoms with Gasteiger partial charge in [-0.2, -0.15) is 11.8 Å². The number of aliphatic carboxylic acids is 3. The molecule has 0 unspecified atom stereocenters. The van der Waals surface area contributed by atoms with Crippen molar-refractivity contribution in [3.63, 3.8) is 0 Å². The Balaban J connectivity index is 3.35. The topological polar surface area (TPSA) is 376 Å². The molecule has 1 aromatic carbocycles. The first kappa shape index (κ1) is 51.2. The summed E-state index contributed by atoms with van der Waals surface area (Å²) in [5.74, 6) is -11.5. The predicted molar refractivity (Wildman–Crippen MR) is 210 cm³/mol. The highest BCUT2D eigenvalue weighted by atomic mass is 32.2. The fraction of sp³-hybridized carbons (Fsp3) is 0.556. The number of hydrogen-bond donors (Lipinski definition) is 12. The summed E-state index contributed by atoms with van der Waals surface area (Å²) in [6.07, 6.45) is -1.51. The lowest BCUT2D eigenvalue weighted by Gasteiger charge is -2.27. The van der Waals surface area contributed by atoms with E-state index in [0.717, 1.165) is 0 Å². The van der Waals surface area contributed by atoms with Crippen molar-refractivity contribution in [2.24, 2.45) is 17.4 Å². The molecule has 7 atom stereocenters. The third kappa shape index (κ3) is 19.5. The van der Waals surface area contributed by atoms with Gasteiger partial charge in [-0.15, -0.1) is 0 Å². The normalized spacial score (nSPS) is 14.5. The zero-order valence-corrected chi connectivity index (χ0v) is 33.6. The van der Waals surface area contributed by atoms with Crippen LogP contribution >= 0.6 is 11.8 Å². The van der Waals surface area contributed by atoms with E-state index in [1.165, 1.54) is 11.8 Å². The van der Waals surface area contributed by atoms with Crippen LogP contribution in [0, 0.1) is 5.92 Å². The Hall–Kier alpha value is -5.81. The highest BCUT2D eigenvalue weighted by Crippen LogP contribution is 2.10. The Morgan fingerprint density at radius 3 is 1.47 bits per heavy atom. The fourth-order valence-corrected chi connectivity index (χ4v) is 5.75. The zero-order valence-electron chi connectivity index (χ0n) is 32.8. The number of nitrogens with one attached hydrogen (secondary N) is 6. The number of aliphatic hydroxyl groups excluding tert-OH is 1. The number of amides is 7. The number of nitrogens with two attached hydrogens (primary N) is 2. The quantitative estimate of drug-likeness (QED) is 0.0390. The number of carbonyl (C=O) groups is 10. The SMILES string of the molecule is CSCC[C@H](NC(=O)[C@@H](N)CC(N)=O)C(=O)N[C@@H](CCC(=O)O)C(=O)N[C@@H](CCC(=O)O)C(=O)N[C@@H](CO)C(=O)N[C@@H](Cc1ccccc1)C(=O)N[C@H](C(=O)O)C(C)C. The van der Waals surface area contributed by atoms with E-state index in [4.69, 9.17) is 11.5 Å². The van der Waals surface area contributed by atoms with Crippen LogP contribution in [0.2, 0.25) is 0 Å². The standard InChI is InChI=1S/C36H54N8O14S/c1-18(2)29(36(57)58)44-34(55)24(15-19-7-5-4-6-8-19)42-35(56)25(17-45)43-32(53)22(10-12-28(49)50)40-31(52)21(9-11-27(47)48)41-33(54)23(13-14-59-3)39-30(51)20(37)16-26(38)46/h4-8,18,20-25,29,45H,9-17,37H2,1-3H3,(H2,38,46)(H,39,51)(H,40,52)(H,41,54)(H,42,56)(H,43,53)(H,44,55)(H,47,48)(H,49,50)(H,57,58)/t20-,21-,22-,23-,24-,25-,29-/m0/s1. The molecule has 14 N–H and O–H groups in total. The monoisotopic (exact) mass is 854 g/mol. The van der Waals surface area contributed by atoms with Crippen molar-refractivity contribution >= 4 is 71.0 Å². The molecule has 328 valence electrons. The van der Waals surface area contributed by atoms with Crippen molar-refractivity contribution in [3.8, 4) is 0 Å². The number of carboxylic acids is 3. The molecule has 7 amide bonds. The van der Waals surface area contributed by atoms with Crippen LogP contribution in [0.3, 0.4) is 0 Å². The van der Waals surface area contributed by atoms with Gasteiger partial charge in [-0.3, -0.25) is 43.2 Å². The van der Waals surface area contributed by atoms with Gasteiger partial charge in [0.25, 0.3) is 0 Å². The van der Waals surface area contributed by atoms with Crippen LogP contribution < -0.4 is 43.4 Å². The number of benzene rings is 1. The molecule has 23 heteroatoms. The van der Waals surface area contributed by atoms with E-state index in [9.17, 15) is 68.4 Å². The van der Waals surface area contributed by atoms with Crippen molar-refractivity contribution in [2.45, 2.75) is 101 Å². The third-order valence-electron chi connectivity index (χ3n) is 8.52. The van der Waals surface area contributed by atoms with E-state index < -0.39 is 146 Å². The van der Waals surface area contributed by atoms with Crippen LogP contribution in [-0.2, 0) is 54.4 Å². The minimum Gasteiger partial charge on any atom is -0.481 e. The van der Waals surface area contributed by atoms with Crippen molar-refractivity contribution in [1.29, 1.82) is 0 Å². The van der Waals surface area contributed by atoms with Gasteiger partial charge in [-0.1, -0.05) is 44.2 Å². The van der Waals surface area contributed by atoms with Crippen LogP contribution in [0.15, 0.2) is 30.3 Å². The summed E-state index contributed by atoms with van der Waals surface area (Å²) in [6, 6.07) is -2.44. The Kier molecular flexibility index (Phi) is 22.8. The average molecular weight is 855 g/mol. The van der Waals surface area contributed by atoms with Crippen molar-refractivity contribution in [2.75, 3.05) is 18.6 Å². The van der Waals surface area contributed by atoms with E-state index >= 15 is 0 Å².